The van der Waals surface area contributed by atoms with Gasteiger partial charge in [-0.1, -0.05) is 27.7 Å². The molecule has 5 heteroatoms. The minimum atomic E-state index is -0.784. The molecule has 0 amide bonds. The Labute approximate surface area is 90.1 Å². The SMILES string of the molecule is CC(C)[C@@H](N)C(=O)OC(=O)[C@H](N)C(C)C. The van der Waals surface area contributed by atoms with Crippen LogP contribution in [0.2, 0.25) is 0 Å². The Kier molecular flexibility index (Phi) is 5.46. The molecule has 0 heterocycles. The molecule has 0 unspecified atom stereocenters. The van der Waals surface area contributed by atoms with E-state index in [9.17, 15) is 9.59 Å². The Hall–Kier alpha value is -0.940. The summed E-state index contributed by atoms with van der Waals surface area (Å²) in [7, 11) is 0. The predicted molar refractivity (Wildman–Crippen MR) is 56.7 cm³/mol. The lowest BCUT2D eigenvalue weighted by molar-refractivity contribution is -0.162. The first-order chi connectivity index (χ1) is 6.77. The van der Waals surface area contributed by atoms with Crippen molar-refractivity contribution in [1.29, 1.82) is 0 Å². The van der Waals surface area contributed by atoms with Crippen molar-refractivity contribution in [3.05, 3.63) is 0 Å². The molecular weight excluding hydrogens is 196 g/mol. The van der Waals surface area contributed by atoms with Gasteiger partial charge in [0.25, 0.3) is 0 Å². The van der Waals surface area contributed by atoms with Crippen LogP contribution >= 0.6 is 0 Å². The molecule has 0 bridgehead atoms. The number of esters is 2. The fourth-order valence-electron chi connectivity index (χ4n) is 0.780. The molecule has 2 atom stereocenters. The number of nitrogens with two attached hydrogens (primary N) is 2. The van der Waals surface area contributed by atoms with E-state index in [1.165, 1.54) is 0 Å². The molecule has 0 aliphatic carbocycles. The molecule has 0 saturated heterocycles. The van der Waals surface area contributed by atoms with Gasteiger partial charge in [-0.3, -0.25) is 0 Å². The maximum Gasteiger partial charge on any atom is 0.330 e. The summed E-state index contributed by atoms with van der Waals surface area (Å²) in [4.78, 5) is 22.6. The first kappa shape index (κ1) is 14.1. The van der Waals surface area contributed by atoms with Crippen molar-refractivity contribution in [3.63, 3.8) is 0 Å². The van der Waals surface area contributed by atoms with E-state index >= 15 is 0 Å². The Bertz CT molecular complexity index is 215. The summed E-state index contributed by atoms with van der Waals surface area (Å²) < 4.78 is 4.57. The first-order valence-electron chi connectivity index (χ1n) is 5.04. The maximum absolute atomic E-state index is 11.3. The predicted octanol–water partition coefficient (Wildman–Crippen LogP) is 0.0228. The molecule has 4 N–H and O–H groups in total. The highest BCUT2D eigenvalue weighted by atomic mass is 16.6. The summed E-state index contributed by atoms with van der Waals surface area (Å²) in [6.45, 7) is 7.11. The summed E-state index contributed by atoms with van der Waals surface area (Å²) in [6, 6.07) is -1.57. The summed E-state index contributed by atoms with van der Waals surface area (Å²) in [6.07, 6.45) is 0. The second-order valence-corrected chi connectivity index (χ2v) is 4.28. The van der Waals surface area contributed by atoms with Crippen LogP contribution in [0, 0.1) is 11.8 Å². The molecule has 5 nitrogen and oxygen atoms in total. The largest absolute Gasteiger partial charge is 0.391 e. The van der Waals surface area contributed by atoms with Crippen LogP contribution in [0.3, 0.4) is 0 Å². The van der Waals surface area contributed by atoms with E-state index in [2.05, 4.69) is 4.74 Å². The van der Waals surface area contributed by atoms with Gasteiger partial charge in [0.2, 0.25) is 0 Å². The number of hydrogen-bond donors (Lipinski definition) is 2. The topological polar surface area (TPSA) is 95.4 Å². The smallest absolute Gasteiger partial charge is 0.330 e. The van der Waals surface area contributed by atoms with E-state index in [4.69, 9.17) is 11.5 Å². The lowest BCUT2D eigenvalue weighted by Crippen LogP contribution is -2.43. The van der Waals surface area contributed by atoms with Crippen molar-refractivity contribution in [2.24, 2.45) is 23.3 Å². The van der Waals surface area contributed by atoms with E-state index in [1.54, 1.807) is 27.7 Å². The van der Waals surface area contributed by atoms with E-state index < -0.39 is 24.0 Å². The van der Waals surface area contributed by atoms with E-state index in [0.717, 1.165) is 0 Å². The van der Waals surface area contributed by atoms with Gasteiger partial charge < -0.3 is 16.2 Å². The molecule has 0 rings (SSSR count). The van der Waals surface area contributed by atoms with Gasteiger partial charge in [-0.05, 0) is 11.8 Å². The number of hydrogen-bond acceptors (Lipinski definition) is 5. The highest BCUT2D eigenvalue weighted by Gasteiger charge is 2.26. The number of ether oxygens (including phenoxy) is 1. The van der Waals surface area contributed by atoms with Crippen LogP contribution in [0.25, 0.3) is 0 Å². The van der Waals surface area contributed by atoms with Crippen molar-refractivity contribution in [1.82, 2.24) is 0 Å². The normalized spacial score (nSPS) is 15.2. The van der Waals surface area contributed by atoms with Gasteiger partial charge in [0.05, 0.1) is 0 Å². The molecule has 15 heavy (non-hydrogen) atoms. The number of carbonyl (C=O) groups is 2. The van der Waals surface area contributed by atoms with E-state index in [-0.39, 0.29) is 11.8 Å². The third-order valence-corrected chi connectivity index (χ3v) is 2.18. The third-order valence-electron chi connectivity index (χ3n) is 2.18. The Morgan fingerprint density at radius 3 is 1.33 bits per heavy atom. The summed E-state index contributed by atoms with van der Waals surface area (Å²) in [5.74, 6) is -1.57. The van der Waals surface area contributed by atoms with Crippen LogP contribution < -0.4 is 11.5 Å². The standard InChI is InChI=1S/C10H20N2O3/c1-5(2)7(11)9(13)15-10(14)8(12)6(3)4/h5-8H,11-12H2,1-4H3/t7-,8-/m1/s1. The summed E-state index contributed by atoms with van der Waals surface area (Å²) >= 11 is 0. The second kappa shape index (κ2) is 5.82. The van der Waals surface area contributed by atoms with Crippen LogP contribution in [0.15, 0.2) is 0 Å². The lowest BCUT2D eigenvalue weighted by Gasteiger charge is -2.17. The second-order valence-electron chi connectivity index (χ2n) is 4.28. The molecule has 0 aromatic carbocycles. The van der Waals surface area contributed by atoms with Gasteiger partial charge in [0.15, 0.2) is 0 Å². The zero-order chi connectivity index (χ0) is 12.2. The Morgan fingerprint density at radius 1 is 0.867 bits per heavy atom. The van der Waals surface area contributed by atoms with Crippen LogP contribution in [0.1, 0.15) is 27.7 Å². The Balaban J connectivity index is 4.25. The number of rotatable bonds is 4. The first-order valence-corrected chi connectivity index (χ1v) is 5.04. The van der Waals surface area contributed by atoms with Crippen molar-refractivity contribution in [2.45, 2.75) is 39.8 Å². The molecule has 0 fully saturated rings. The van der Waals surface area contributed by atoms with Crippen molar-refractivity contribution in [3.8, 4) is 0 Å². The molecule has 88 valence electrons. The van der Waals surface area contributed by atoms with Crippen molar-refractivity contribution in [2.75, 3.05) is 0 Å². The van der Waals surface area contributed by atoms with Crippen molar-refractivity contribution < 1.29 is 14.3 Å². The molecule has 0 aromatic rings. The zero-order valence-electron chi connectivity index (χ0n) is 9.69. The average Bonchev–Trinajstić information content (AvgIpc) is 2.14. The van der Waals surface area contributed by atoms with Gasteiger partial charge in [-0.2, -0.15) is 0 Å². The van der Waals surface area contributed by atoms with Crippen LogP contribution in [-0.4, -0.2) is 24.0 Å². The fourth-order valence-corrected chi connectivity index (χ4v) is 0.780. The monoisotopic (exact) mass is 216 g/mol. The average molecular weight is 216 g/mol. The van der Waals surface area contributed by atoms with Crippen LogP contribution in [0.5, 0.6) is 0 Å². The van der Waals surface area contributed by atoms with Gasteiger partial charge in [-0.15, -0.1) is 0 Å². The van der Waals surface area contributed by atoms with Gasteiger partial charge in [0, 0.05) is 0 Å². The molecule has 0 spiro atoms. The van der Waals surface area contributed by atoms with E-state index in [1.807, 2.05) is 0 Å². The quantitative estimate of drug-likeness (QED) is 0.510. The lowest BCUT2D eigenvalue weighted by atomic mass is 10.1. The van der Waals surface area contributed by atoms with E-state index in [0.29, 0.717) is 0 Å². The third kappa shape index (κ3) is 4.40. The summed E-state index contributed by atoms with van der Waals surface area (Å²) in [5.41, 5.74) is 11.0. The molecule has 0 saturated carbocycles. The minimum Gasteiger partial charge on any atom is -0.391 e. The van der Waals surface area contributed by atoms with Gasteiger partial charge in [0.1, 0.15) is 12.1 Å². The van der Waals surface area contributed by atoms with Gasteiger partial charge >= 0.3 is 11.9 Å². The highest BCUT2D eigenvalue weighted by Crippen LogP contribution is 2.04. The fraction of sp³-hybridized carbons (Fsp3) is 0.800. The zero-order valence-corrected chi connectivity index (χ0v) is 9.69. The molecule has 0 aliphatic heterocycles. The van der Waals surface area contributed by atoms with Crippen LogP contribution in [0.4, 0.5) is 0 Å². The summed E-state index contributed by atoms with van der Waals surface area (Å²) in [5, 5.41) is 0. The van der Waals surface area contributed by atoms with Crippen LogP contribution in [-0.2, 0) is 14.3 Å². The molecule has 0 aromatic heterocycles. The minimum absolute atomic E-state index is 0.0689. The molecule has 0 radical (unpaired) electrons. The molecular formula is C10H20N2O3. The molecule has 0 aliphatic rings. The van der Waals surface area contributed by atoms with Crippen molar-refractivity contribution >= 4 is 11.9 Å². The van der Waals surface area contributed by atoms with Gasteiger partial charge in [-0.25, -0.2) is 9.59 Å². The number of carbonyl (C=O) groups excluding carboxylic acids is 2. The highest BCUT2D eigenvalue weighted by molar-refractivity contribution is 5.90. The maximum atomic E-state index is 11.3. The Morgan fingerprint density at radius 2 is 1.13 bits per heavy atom.